The highest BCUT2D eigenvalue weighted by Gasteiger charge is 2.09. The molecule has 0 aliphatic rings. The first kappa shape index (κ1) is 15.1. The Morgan fingerprint density at radius 3 is 2.72 bits per heavy atom. The standard InChI is InChI=1S/C12H19FN2O2S/c1-2-12(10-5-3-6-11(13)9-10)15-7-4-8-18(14,16)17/h3,5-6,9,12,15H,2,4,7-8H2,1H3,(H2,14,16,17). The maximum atomic E-state index is 13.1. The third-order valence-corrected chi connectivity index (χ3v) is 3.51. The van der Waals surface area contributed by atoms with Crippen LogP contribution < -0.4 is 10.5 Å². The van der Waals surface area contributed by atoms with Crippen LogP contribution in [0.5, 0.6) is 0 Å². The van der Waals surface area contributed by atoms with Crippen molar-refractivity contribution >= 4 is 10.0 Å². The molecule has 1 unspecified atom stereocenters. The third kappa shape index (κ3) is 5.57. The third-order valence-electron chi connectivity index (χ3n) is 2.66. The van der Waals surface area contributed by atoms with Crippen molar-refractivity contribution in [1.29, 1.82) is 0 Å². The van der Waals surface area contributed by atoms with E-state index in [1.807, 2.05) is 13.0 Å². The molecule has 0 aliphatic carbocycles. The van der Waals surface area contributed by atoms with Crippen LogP contribution in [0, 0.1) is 5.82 Å². The highest BCUT2D eigenvalue weighted by Crippen LogP contribution is 2.17. The summed E-state index contributed by atoms with van der Waals surface area (Å²) in [5, 5.41) is 8.11. The van der Waals surface area contributed by atoms with Crippen molar-refractivity contribution in [3.8, 4) is 0 Å². The number of sulfonamides is 1. The lowest BCUT2D eigenvalue weighted by atomic mass is 10.0. The second-order valence-electron chi connectivity index (χ2n) is 4.19. The van der Waals surface area contributed by atoms with Crippen LogP contribution in [0.25, 0.3) is 0 Å². The molecule has 0 amide bonds. The summed E-state index contributed by atoms with van der Waals surface area (Å²) < 4.78 is 34.6. The van der Waals surface area contributed by atoms with Gasteiger partial charge in [0.1, 0.15) is 5.82 Å². The van der Waals surface area contributed by atoms with Crippen LogP contribution in [-0.4, -0.2) is 20.7 Å². The number of halogens is 1. The lowest BCUT2D eigenvalue weighted by Crippen LogP contribution is -2.25. The Bertz CT molecular complexity index is 477. The lowest BCUT2D eigenvalue weighted by molar-refractivity contribution is 0.512. The maximum Gasteiger partial charge on any atom is 0.209 e. The molecule has 6 heteroatoms. The van der Waals surface area contributed by atoms with E-state index < -0.39 is 10.0 Å². The molecule has 0 fully saturated rings. The average Bonchev–Trinajstić information content (AvgIpc) is 2.27. The number of nitrogens with two attached hydrogens (primary N) is 1. The Balaban J connectivity index is 2.48. The first-order valence-electron chi connectivity index (χ1n) is 5.91. The molecule has 3 N–H and O–H groups in total. The van der Waals surface area contributed by atoms with E-state index >= 15 is 0 Å². The van der Waals surface area contributed by atoms with Crippen molar-refractivity contribution in [2.75, 3.05) is 12.3 Å². The van der Waals surface area contributed by atoms with Crippen LogP contribution in [0.15, 0.2) is 24.3 Å². The lowest BCUT2D eigenvalue weighted by Gasteiger charge is -2.17. The summed E-state index contributed by atoms with van der Waals surface area (Å²) in [5.41, 5.74) is 0.869. The minimum Gasteiger partial charge on any atom is -0.310 e. The first-order valence-corrected chi connectivity index (χ1v) is 7.63. The number of hydrogen-bond acceptors (Lipinski definition) is 3. The molecule has 1 aromatic carbocycles. The van der Waals surface area contributed by atoms with Crippen molar-refractivity contribution in [1.82, 2.24) is 5.32 Å². The van der Waals surface area contributed by atoms with Gasteiger partial charge in [-0.3, -0.25) is 0 Å². The van der Waals surface area contributed by atoms with Crippen molar-refractivity contribution < 1.29 is 12.8 Å². The summed E-state index contributed by atoms with van der Waals surface area (Å²) in [4.78, 5) is 0. The van der Waals surface area contributed by atoms with E-state index in [-0.39, 0.29) is 17.6 Å². The van der Waals surface area contributed by atoms with Gasteiger partial charge in [-0.15, -0.1) is 0 Å². The number of nitrogens with one attached hydrogen (secondary N) is 1. The van der Waals surface area contributed by atoms with Gasteiger partial charge in [-0.25, -0.2) is 17.9 Å². The van der Waals surface area contributed by atoms with Gasteiger partial charge in [-0.05, 0) is 37.1 Å². The zero-order chi connectivity index (χ0) is 13.6. The van der Waals surface area contributed by atoms with Crippen LogP contribution in [0.1, 0.15) is 31.4 Å². The van der Waals surface area contributed by atoms with Crippen LogP contribution >= 0.6 is 0 Å². The second kappa shape index (κ2) is 6.82. The van der Waals surface area contributed by atoms with Crippen molar-refractivity contribution in [2.45, 2.75) is 25.8 Å². The predicted octanol–water partition coefficient (Wildman–Crippen LogP) is 1.55. The molecule has 102 valence electrons. The molecule has 4 nitrogen and oxygen atoms in total. The van der Waals surface area contributed by atoms with Gasteiger partial charge in [0.25, 0.3) is 0 Å². The molecular weight excluding hydrogens is 255 g/mol. The Morgan fingerprint density at radius 1 is 1.44 bits per heavy atom. The number of rotatable bonds is 7. The van der Waals surface area contributed by atoms with Crippen LogP contribution in [0.4, 0.5) is 4.39 Å². The minimum absolute atomic E-state index is 0.0289. The fraction of sp³-hybridized carbons (Fsp3) is 0.500. The molecule has 0 bridgehead atoms. The number of benzene rings is 1. The fourth-order valence-electron chi connectivity index (χ4n) is 1.77. The summed E-state index contributed by atoms with van der Waals surface area (Å²) in [6, 6.07) is 6.43. The summed E-state index contributed by atoms with van der Waals surface area (Å²) in [5.74, 6) is -0.308. The van der Waals surface area contributed by atoms with Crippen molar-refractivity contribution in [3.63, 3.8) is 0 Å². The SMILES string of the molecule is CCC(NCCCS(N)(=O)=O)c1cccc(F)c1. The molecule has 0 saturated carbocycles. The number of primary sulfonamides is 1. The van der Waals surface area contributed by atoms with Gasteiger partial charge in [-0.2, -0.15) is 0 Å². The smallest absolute Gasteiger partial charge is 0.209 e. The molecule has 0 heterocycles. The van der Waals surface area contributed by atoms with Gasteiger partial charge in [0, 0.05) is 6.04 Å². The van der Waals surface area contributed by atoms with E-state index in [1.54, 1.807) is 6.07 Å². The Morgan fingerprint density at radius 2 is 2.17 bits per heavy atom. The molecule has 0 aliphatic heterocycles. The van der Waals surface area contributed by atoms with E-state index in [1.165, 1.54) is 12.1 Å². The monoisotopic (exact) mass is 274 g/mol. The molecule has 18 heavy (non-hydrogen) atoms. The van der Waals surface area contributed by atoms with Gasteiger partial charge in [0.2, 0.25) is 10.0 Å². The first-order chi connectivity index (χ1) is 8.42. The summed E-state index contributed by atoms with van der Waals surface area (Å²) in [6.45, 7) is 2.52. The van der Waals surface area contributed by atoms with Gasteiger partial charge in [0.05, 0.1) is 5.75 Å². The fourth-order valence-corrected chi connectivity index (χ4v) is 2.32. The van der Waals surface area contributed by atoms with Gasteiger partial charge in [0.15, 0.2) is 0 Å². The van der Waals surface area contributed by atoms with Crippen LogP contribution in [-0.2, 0) is 10.0 Å². The molecule has 1 aromatic rings. The van der Waals surface area contributed by atoms with E-state index in [9.17, 15) is 12.8 Å². The predicted molar refractivity (Wildman–Crippen MR) is 70.0 cm³/mol. The highest BCUT2D eigenvalue weighted by atomic mass is 32.2. The number of hydrogen-bond donors (Lipinski definition) is 2. The van der Waals surface area contributed by atoms with E-state index in [2.05, 4.69) is 5.32 Å². The van der Waals surface area contributed by atoms with E-state index in [4.69, 9.17) is 5.14 Å². The molecule has 0 aromatic heterocycles. The van der Waals surface area contributed by atoms with Gasteiger partial charge < -0.3 is 5.32 Å². The highest BCUT2D eigenvalue weighted by molar-refractivity contribution is 7.89. The maximum absolute atomic E-state index is 13.1. The zero-order valence-corrected chi connectivity index (χ0v) is 11.2. The summed E-state index contributed by atoms with van der Waals surface area (Å²) >= 11 is 0. The minimum atomic E-state index is -3.40. The van der Waals surface area contributed by atoms with Gasteiger partial charge >= 0.3 is 0 Å². The van der Waals surface area contributed by atoms with E-state index in [0.29, 0.717) is 13.0 Å². The van der Waals surface area contributed by atoms with E-state index in [0.717, 1.165) is 12.0 Å². The molecule has 0 spiro atoms. The van der Waals surface area contributed by atoms with Crippen LogP contribution in [0.2, 0.25) is 0 Å². The Labute approximate surface area is 107 Å². The molecule has 1 atom stereocenters. The topological polar surface area (TPSA) is 72.2 Å². The largest absolute Gasteiger partial charge is 0.310 e. The normalized spacial score (nSPS) is 13.5. The van der Waals surface area contributed by atoms with Crippen LogP contribution in [0.3, 0.4) is 0 Å². The quantitative estimate of drug-likeness (QED) is 0.741. The van der Waals surface area contributed by atoms with Crippen molar-refractivity contribution in [2.24, 2.45) is 5.14 Å². The molecular formula is C12H19FN2O2S. The summed E-state index contributed by atoms with van der Waals surface area (Å²) in [7, 11) is -3.40. The second-order valence-corrected chi connectivity index (χ2v) is 5.92. The molecule has 1 rings (SSSR count). The zero-order valence-electron chi connectivity index (χ0n) is 10.4. The van der Waals surface area contributed by atoms with Gasteiger partial charge in [-0.1, -0.05) is 19.1 Å². The Kier molecular flexibility index (Phi) is 5.71. The summed E-state index contributed by atoms with van der Waals surface area (Å²) in [6.07, 6.45) is 1.25. The molecule has 0 saturated heterocycles. The Hall–Kier alpha value is -0.980. The molecule has 0 radical (unpaired) electrons. The van der Waals surface area contributed by atoms with Crippen molar-refractivity contribution in [3.05, 3.63) is 35.6 Å². The average molecular weight is 274 g/mol.